The number of aryl methyl sites for hydroxylation is 1. The molecule has 1 aromatic carbocycles. The molecule has 0 bridgehead atoms. The van der Waals surface area contributed by atoms with E-state index in [1.165, 1.54) is 6.92 Å². The van der Waals surface area contributed by atoms with Crippen LogP contribution in [-0.4, -0.2) is 38.9 Å². The number of nitrogens with one attached hydrogen (secondary N) is 1. The van der Waals surface area contributed by atoms with Gasteiger partial charge >= 0.3 is 0 Å². The first-order valence-electron chi connectivity index (χ1n) is 8.66. The van der Waals surface area contributed by atoms with Crippen molar-refractivity contribution in [1.82, 2.24) is 14.5 Å². The molecule has 6 heteroatoms. The summed E-state index contributed by atoms with van der Waals surface area (Å²) in [6.45, 7) is 6.18. The van der Waals surface area contributed by atoms with Gasteiger partial charge in [0.15, 0.2) is 0 Å². The number of likely N-dealkylation sites (tertiary alicyclic amines) is 1. The van der Waals surface area contributed by atoms with Crippen molar-refractivity contribution in [3.63, 3.8) is 0 Å². The maximum absolute atomic E-state index is 12.6. The van der Waals surface area contributed by atoms with Gasteiger partial charge in [-0.2, -0.15) is 0 Å². The molecule has 0 radical (unpaired) electrons. The molecular formula is C19H24N4O2. The molecule has 1 aliphatic heterocycles. The van der Waals surface area contributed by atoms with E-state index in [-0.39, 0.29) is 17.9 Å². The van der Waals surface area contributed by atoms with Crippen LogP contribution in [0.15, 0.2) is 30.6 Å². The number of benzene rings is 1. The van der Waals surface area contributed by atoms with Crippen LogP contribution in [0.25, 0.3) is 5.69 Å². The highest BCUT2D eigenvalue weighted by molar-refractivity contribution is 5.97. The molecule has 2 aromatic rings. The molecule has 3 rings (SSSR count). The van der Waals surface area contributed by atoms with Crippen LogP contribution < -0.4 is 5.32 Å². The van der Waals surface area contributed by atoms with Gasteiger partial charge in [-0.05, 0) is 57.4 Å². The Kier molecular flexibility index (Phi) is 4.88. The van der Waals surface area contributed by atoms with E-state index >= 15 is 0 Å². The van der Waals surface area contributed by atoms with Crippen LogP contribution in [0.4, 0.5) is 5.69 Å². The van der Waals surface area contributed by atoms with Gasteiger partial charge in [0, 0.05) is 30.5 Å². The van der Waals surface area contributed by atoms with E-state index in [1.807, 2.05) is 42.7 Å². The van der Waals surface area contributed by atoms with Crippen LogP contribution in [0.5, 0.6) is 0 Å². The fraction of sp³-hybridized carbons (Fsp3) is 0.421. The molecule has 1 saturated heterocycles. The lowest BCUT2D eigenvalue weighted by Crippen LogP contribution is -2.49. The zero-order valence-corrected chi connectivity index (χ0v) is 15.0. The Morgan fingerprint density at radius 2 is 1.88 bits per heavy atom. The van der Waals surface area contributed by atoms with Crippen molar-refractivity contribution < 1.29 is 9.59 Å². The van der Waals surface area contributed by atoms with Gasteiger partial charge in [-0.25, -0.2) is 4.98 Å². The molecule has 6 nitrogen and oxygen atoms in total. The molecule has 0 spiro atoms. The lowest BCUT2D eigenvalue weighted by Gasteiger charge is -2.33. The number of aromatic nitrogens is 2. The maximum Gasteiger partial charge on any atom is 0.247 e. The minimum Gasteiger partial charge on any atom is -0.331 e. The molecule has 1 aliphatic rings. The predicted octanol–water partition coefficient (Wildman–Crippen LogP) is 2.83. The molecule has 1 atom stereocenters. The number of hydrogen-bond donors (Lipinski definition) is 1. The first-order valence-corrected chi connectivity index (χ1v) is 8.66. The third kappa shape index (κ3) is 3.57. The van der Waals surface area contributed by atoms with Crippen molar-refractivity contribution in [2.45, 2.75) is 46.1 Å². The molecular weight excluding hydrogens is 316 g/mol. The van der Waals surface area contributed by atoms with E-state index in [9.17, 15) is 9.59 Å². The van der Waals surface area contributed by atoms with Crippen LogP contribution in [0.1, 0.15) is 37.6 Å². The third-order valence-corrected chi connectivity index (χ3v) is 4.87. The number of carbonyl (C=O) groups excluding carboxylic acids is 2. The fourth-order valence-corrected chi connectivity index (χ4v) is 3.27. The fourth-order valence-electron chi connectivity index (χ4n) is 3.27. The molecule has 1 fully saturated rings. The quantitative estimate of drug-likeness (QED) is 0.934. The number of rotatable bonds is 3. The molecule has 0 saturated carbocycles. The Bertz CT molecular complexity index is 779. The predicted molar refractivity (Wildman–Crippen MR) is 96.7 cm³/mol. The number of carbonyl (C=O) groups is 2. The van der Waals surface area contributed by atoms with Gasteiger partial charge in [0.1, 0.15) is 6.04 Å². The monoisotopic (exact) mass is 340 g/mol. The number of nitrogens with zero attached hydrogens (tertiary/aromatic N) is 3. The first-order chi connectivity index (χ1) is 12.0. The van der Waals surface area contributed by atoms with Gasteiger partial charge in [-0.1, -0.05) is 0 Å². The van der Waals surface area contributed by atoms with Crippen molar-refractivity contribution >= 4 is 17.5 Å². The molecule has 1 aromatic heterocycles. The van der Waals surface area contributed by atoms with Gasteiger partial charge in [0.05, 0.1) is 12.0 Å². The van der Waals surface area contributed by atoms with Gasteiger partial charge in [-0.15, -0.1) is 0 Å². The van der Waals surface area contributed by atoms with E-state index in [0.717, 1.165) is 42.0 Å². The lowest BCUT2D eigenvalue weighted by atomic mass is 10.0. The van der Waals surface area contributed by atoms with Crippen molar-refractivity contribution in [2.24, 2.45) is 0 Å². The highest BCUT2D eigenvalue weighted by Crippen LogP contribution is 2.20. The molecule has 2 amide bonds. The normalized spacial score (nSPS) is 17.4. The summed E-state index contributed by atoms with van der Waals surface area (Å²) in [5.74, 6) is -0.154. The molecule has 1 N–H and O–H groups in total. The second-order valence-corrected chi connectivity index (χ2v) is 6.55. The number of imidazole rings is 1. The summed E-state index contributed by atoms with van der Waals surface area (Å²) < 4.78 is 2.01. The van der Waals surface area contributed by atoms with E-state index in [1.54, 1.807) is 11.2 Å². The van der Waals surface area contributed by atoms with Crippen molar-refractivity contribution in [3.8, 4) is 5.69 Å². The molecule has 25 heavy (non-hydrogen) atoms. The minimum atomic E-state index is -0.371. The zero-order chi connectivity index (χ0) is 18.0. The summed E-state index contributed by atoms with van der Waals surface area (Å²) in [5.41, 5.74) is 3.83. The maximum atomic E-state index is 12.6. The third-order valence-electron chi connectivity index (χ3n) is 4.87. The number of anilines is 1. The van der Waals surface area contributed by atoms with E-state index in [0.29, 0.717) is 6.54 Å². The van der Waals surface area contributed by atoms with E-state index in [2.05, 4.69) is 10.3 Å². The average molecular weight is 340 g/mol. The van der Waals surface area contributed by atoms with Crippen molar-refractivity contribution in [3.05, 3.63) is 42.0 Å². The zero-order valence-electron chi connectivity index (χ0n) is 15.0. The molecule has 0 aliphatic carbocycles. The summed E-state index contributed by atoms with van der Waals surface area (Å²) in [5, 5.41) is 2.94. The Morgan fingerprint density at radius 3 is 2.48 bits per heavy atom. The van der Waals surface area contributed by atoms with Crippen LogP contribution in [-0.2, 0) is 9.59 Å². The minimum absolute atomic E-state index is 0.0406. The van der Waals surface area contributed by atoms with Gasteiger partial charge < -0.3 is 14.8 Å². The topological polar surface area (TPSA) is 67.2 Å². The lowest BCUT2D eigenvalue weighted by molar-refractivity contribution is -0.138. The number of piperidine rings is 1. The summed E-state index contributed by atoms with van der Waals surface area (Å²) >= 11 is 0. The Hall–Kier alpha value is -2.63. The Labute approximate surface area is 147 Å². The van der Waals surface area contributed by atoms with Crippen LogP contribution in [0.2, 0.25) is 0 Å². The van der Waals surface area contributed by atoms with Crippen LogP contribution >= 0.6 is 0 Å². The van der Waals surface area contributed by atoms with E-state index < -0.39 is 0 Å². The largest absolute Gasteiger partial charge is 0.331 e. The van der Waals surface area contributed by atoms with Crippen LogP contribution in [0.3, 0.4) is 0 Å². The smallest absolute Gasteiger partial charge is 0.247 e. The van der Waals surface area contributed by atoms with E-state index in [4.69, 9.17) is 0 Å². The summed E-state index contributed by atoms with van der Waals surface area (Å²) in [4.78, 5) is 30.3. The number of amides is 2. The summed E-state index contributed by atoms with van der Waals surface area (Å²) in [6.07, 6.45) is 4.45. The van der Waals surface area contributed by atoms with Crippen molar-refractivity contribution in [1.29, 1.82) is 0 Å². The summed E-state index contributed by atoms with van der Waals surface area (Å²) in [6, 6.07) is 7.29. The summed E-state index contributed by atoms with van der Waals surface area (Å²) in [7, 11) is 0. The highest BCUT2D eigenvalue weighted by atomic mass is 16.2. The van der Waals surface area contributed by atoms with Crippen LogP contribution in [0, 0.1) is 13.8 Å². The highest BCUT2D eigenvalue weighted by Gasteiger charge is 2.30. The second-order valence-electron chi connectivity index (χ2n) is 6.55. The van der Waals surface area contributed by atoms with Gasteiger partial charge in [-0.3, -0.25) is 9.59 Å². The SMILES string of the molecule is CC(=O)N1CCCCC1C(=O)Nc1ccc(-n2cnc(C)c2C)cc1. The second kappa shape index (κ2) is 7.09. The molecule has 2 heterocycles. The van der Waals surface area contributed by atoms with Crippen molar-refractivity contribution in [2.75, 3.05) is 11.9 Å². The van der Waals surface area contributed by atoms with Gasteiger partial charge in [0.25, 0.3) is 0 Å². The van der Waals surface area contributed by atoms with Gasteiger partial charge in [0.2, 0.25) is 11.8 Å². The average Bonchev–Trinajstić information content (AvgIpc) is 2.95. The Balaban J connectivity index is 1.71. The molecule has 132 valence electrons. The Morgan fingerprint density at radius 1 is 1.16 bits per heavy atom. The first kappa shape index (κ1) is 17.2. The standard InChI is InChI=1S/C19H24N4O2/c1-13-14(2)23(12-20-13)17-9-7-16(8-10-17)21-19(25)18-6-4-5-11-22(18)15(3)24/h7-10,12,18H,4-6,11H2,1-3H3,(H,21,25). The number of hydrogen-bond acceptors (Lipinski definition) is 3. The molecule has 1 unspecified atom stereocenters.